The average Bonchev–Trinajstić information content (AvgIpc) is 2.33. The van der Waals surface area contributed by atoms with E-state index in [2.05, 4.69) is 11.9 Å². The lowest BCUT2D eigenvalue weighted by Crippen LogP contribution is -2.24. The molecule has 0 aliphatic heterocycles. The first-order valence-corrected chi connectivity index (χ1v) is 5.87. The van der Waals surface area contributed by atoms with E-state index in [9.17, 15) is 9.59 Å². The molecule has 98 valence electrons. The Morgan fingerprint density at radius 2 is 2.00 bits per heavy atom. The van der Waals surface area contributed by atoms with Crippen LogP contribution in [0.1, 0.15) is 32.1 Å². The van der Waals surface area contributed by atoms with Crippen molar-refractivity contribution >= 4 is 11.9 Å². The lowest BCUT2D eigenvalue weighted by atomic mass is 10.2. The first-order valence-electron chi connectivity index (χ1n) is 5.87. The fourth-order valence-corrected chi connectivity index (χ4v) is 1.17. The number of carbonyl (C=O) groups is 2. The Kier molecular flexibility index (Phi) is 10.2. The molecule has 0 saturated heterocycles. The number of hydrogen-bond donors (Lipinski definition) is 2. The summed E-state index contributed by atoms with van der Waals surface area (Å²) >= 11 is 0. The molecule has 0 aromatic carbocycles. The van der Waals surface area contributed by atoms with Crippen LogP contribution in [-0.4, -0.2) is 36.7 Å². The Balaban J connectivity index is 3.24. The van der Waals surface area contributed by atoms with Crippen LogP contribution in [0.25, 0.3) is 0 Å². The first kappa shape index (κ1) is 15.6. The van der Waals surface area contributed by atoms with Gasteiger partial charge in [0.1, 0.15) is 0 Å². The molecule has 2 N–H and O–H groups in total. The van der Waals surface area contributed by atoms with Crippen LogP contribution in [-0.2, 0) is 14.3 Å². The van der Waals surface area contributed by atoms with Crippen LogP contribution >= 0.6 is 0 Å². The zero-order chi connectivity index (χ0) is 12.9. The van der Waals surface area contributed by atoms with Crippen molar-refractivity contribution in [3.8, 4) is 0 Å². The van der Waals surface area contributed by atoms with Crippen molar-refractivity contribution in [3.63, 3.8) is 0 Å². The van der Waals surface area contributed by atoms with Crippen LogP contribution in [0.2, 0.25) is 0 Å². The lowest BCUT2D eigenvalue weighted by Gasteiger charge is -2.05. The summed E-state index contributed by atoms with van der Waals surface area (Å²) in [6, 6.07) is 0. The second kappa shape index (κ2) is 11.1. The number of nitrogens with one attached hydrogen (secondary N) is 1. The zero-order valence-electron chi connectivity index (χ0n) is 10.1. The van der Waals surface area contributed by atoms with Gasteiger partial charge in [-0.2, -0.15) is 0 Å². The Labute approximate surface area is 102 Å². The second-order valence-corrected chi connectivity index (χ2v) is 3.61. The highest BCUT2D eigenvalue weighted by Gasteiger charge is 2.00. The number of carbonyl (C=O) groups excluding carboxylic acids is 2. The molecule has 0 atom stereocenters. The summed E-state index contributed by atoms with van der Waals surface area (Å²) in [5.74, 6) is -0.417. The minimum Gasteiger partial charge on any atom is -0.463 e. The van der Waals surface area contributed by atoms with Gasteiger partial charge in [-0.3, -0.25) is 4.79 Å². The molecule has 1 amide bonds. The van der Waals surface area contributed by atoms with E-state index in [1.54, 1.807) is 0 Å². The number of hydrogen-bond acceptors (Lipinski definition) is 4. The maximum absolute atomic E-state index is 11.2. The van der Waals surface area contributed by atoms with Gasteiger partial charge >= 0.3 is 5.97 Å². The maximum atomic E-state index is 11.2. The molecule has 0 fully saturated rings. The normalized spacial score (nSPS) is 9.71. The molecule has 0 heterocycles. The molecular weight excluding hydrogens is 222 g/mol. The summed E-state index contributed by atoms with van der Waals surface area (Å²) in [5, 5.41) is 11.3. The molecule has 0 bridgehead atoms. The van der Waals surface area contributed by atoms with Crippen LogP contribution in [0.3, 0.4) is 0 Å². The minimum absolute atomic E-state index is 0.00142. The molecule has 0 aromatic rings. The summed E-state index contributed by atoms with van der Waals surface area (Å²) in [6.45, 7) is 4.35. The largest absolute Gasteiger partial charge is 0.463 e. The molecule has 0 radical (unpaired) electrons. The van der Waals surface area contributed by atoms with E-state index < -0.39 is 5.97 Å². The fourth-order valence-electron chi connectivity index (χ4n) is 1.17. The predicted octanol–water partition coefficient (Wildman–Crippen LogP) is 0.775. The molecule has 5 heteroatoms. The second-order valence-electron chi connectivity index (χ2n) is 3.61. The van der Waals surface area contributed by atoms with E-state index in [1.807, 2.05) is 0 Å². The summed E-state index contributed by atoms with van der Waals surface area (Å²) < 4.78 is 4.78. The number of esters is 1. The molecule has 0 spiro atoms. The molecule has 5 nitrogen and oxygen atoms in total. The molecule has 0 unspecified atom stereocenters. The molecule has 0 aliphatic rings. The maximum Gasteiger partial charge on any atom is 0.330 e. The van der Waals surface area contributed by atoms with Crippen LogP contribution in [0.4, 0.5) is 0 Å². The van der Waals surface area contributed by atoms with Crippen LogP contribution in [0.15, 0.2) is 12.7 Å². The van der Waals surface area contributed by atoms with Gasteiger partial charge in [0.2, 0.25) is 5.91 Å². The monoisotopic (exact) mass is 243 g/mol. The molecular formula is C12H21NO4. The molecule has 17 heavy (non-hydrogen) atoms. The Morgan fingerprint density at radius 1 is 1.24 bits per heavy atom. The van der Waals surface area contributed by atoms with Crippen LogP contribution < -0.4 is 5.32 Å². The van der Waals surface area contributed by atoms with E-state index in [4.69, 9.17) is 9.84 Å². The van der Waals surface area contributed by atoms with Gasteiger partial charge in [0, 0.05) is 25.6 Å². The predicted molar refractivity (Wildman–Crippen MR) is 64.3 cm³/mol. The van der Waals surface area contributed by atoms with Crippen molar-refractivity contribution < 1.29 is 19.4 Å². The standard InChI is InChI=1S/C12H21NO4/c1-2-12(16)17-10-6-4-8-13-11(15)7-3-5-9-14/h2,14H,1,3-10H2,(H,13,15). The van der Waals surface area contributed by atoms with Crippen molar-refractivity contribution in [2.24, 2.45) is 0 Å². The lowest BCUT2D eigenvalue weighted by molar-refractivity contribution is -0.137. The van der Waals surface area contributed by atoms with E-state index >= 15 is 0 Å². The summed E-state index contributed by atoms with van der Waals surface area (Å²) in [6.07, 6.45) is 4.44. The van der Waals surface area contributed by atoms with Gasteiger partial charge in [0.25, 0.3) is 0 Å². The van der Waals surface area contributed by atoms with Crippen LogP contribution in [0.5, 0.6) is 0 Å². The van der Waals surface area contributed by atoms with Gasteiger partial charge in [0.15, 0.2) is 0 Å². The molecule has 0 aliphatic carbocycles. The highest BCUT2D eigenvalue weighted by Crippen LogP contribution is 1.95. The van der Waals surface area contributed by atoms with Crippen LogP contribution in [0, 0.1) is 0 Å². The first-order chi connectivity index (χ1) is 8.20. The number of aliphatic hydroxyl groups is 1. The summed E-state index contributed by atoms with van der Waals surface area (Å²) in [7, 11) is 0. The van der Waals surface area contributed by atoms with Crippen molar-refractivity contribution in [2.75, 3.05) is 19.8 Å². The smallest absolute Gasteiger partial charge is 0.330 e. The number of ether oxygens (including phenoxy) is 1. The van der Waals surface area contributed by atoms with Gasteiger partial charge in [-0.05, 0) is 25.7 Å². The van der Waals surface area contributed by atoms with E-state index in [0.29, 0.717) is 32.4 Å². The van der Waals surface area contributed by atoms with Crippen molar-refractivity contribution in [2.45, 2.75) is 32.1 Å². The molecule has 0 aromatic heterocycles. The number of unbranched alkanes of at least 4 members (excludes halogenated alkanes) is 2. The topological polar surface area (TPSA) is 75.6 Å². The summed E-state index contributed by atoms with van der Waals surface area (Å²) in [4.78, 5) is 21.9. The van der Waals surface area contributed by atoms with Gasteiger partial charge in [-0.1, -0.05) is 6.58 Å². The highest BCUT2D eigenvalue weighted by molar-refractivity contribution is 5.81. The summed E-state index contributed by atoms with van der Waals surface area (Å²) in [5.41, 5.74) is 0. The SMILES string of the molecule is C=CC(=O)OCCCCNC(=O)CCCCO. The number of amides is 1. The van der Waals surface area contributed by atoms with Gasteiger partial charge < -0.3 is 15.2 Å². The zero-order valence-corrected chi connectivity index (χ0v) is 10.1. The average molecular weight is 243 g/mol. The van der Waals surface area contributed by atoms with Gasteiger partial charge in [-0.25, -0.2) is 4.79 Å². The number of aliphatic hydroxyl groups excluding tert-OH is 1. The minimum atomic E-state index is -0.418. The quantitative estimate of drug-likeness (QED) is 0.338. The number of rotatable bonds is 10. The van der Waals surface area contributed by atoms with E-state index in [1.165, 1.54) is 0 Å². The fraction of sp³-hybridized carbons (Fsp3) is 0.667. The third-order valence-corrected chi connectivity index (χ3v) is 2.12. The highest BCUT2D eigenvalue weighted by atomic mass is 16.5. The third kappa shape index (κ3) is 10.9. The van der Waals surface area contributed by atoms with E-state index in [-0.39, 0.29) is 12.5 Å². The Bertz CT molecular complexity index is 241. The van der Waals surface area contributed by atoms with Crippen molar-refractivity contribution in [1.29, 1.82) is 0 Å². The van der Waals surface area contributed by atoms with Crippen molar-refractivity contribution in [3.05, 3.63) is 12.7 Å². The van der Waals surface area contributed by atoms with Gasteiger partial charge in [-0.15, -0.1) is 0 Å². The Morgan fingerprint density at radius 3 is 2.65 bits per heavy atom. The van der Waals surface area contributed by atoms with E-state index in [0.717, 1.165) is 18.9 Å². The van der Waals surface area contributed by atoms with Gasteiger partial charge in [0.05, 0.1) is 6.61 Å². The van der Waals surface area contributed by atoms with Crippen molar-refractivity contribution in [1.82, 2.24) is 5.32 Å². The molecule has 0 saturated carbocycles. The third-order valence-electron chi connectivity index (χ3n) is 2.12. The molecule has 0 rings (SSSR count). The Hall–Kier alpha value is -1.36.